The number of hydrogen-bond donors (Lipinski definition) is 1. The molecule has 2 saturated heterocycles. The number of hydrogen-bond acceptors (Lipinski definition) is 7. The first-order chi connectivity index (χ1) is 19.8. The monoisotopic (exact) mass is 601 g/mol. The van der Waals surface area contributed by atoms with Gasteiger partial charge in [-0.25, -0.2) is 4.18 Å². The van der Waals surface area contributed by atoms with Crippen LogP contribution in [0.15, 0.2) is 91.0 Å². The van der Waals surface area contributed by atoms with Gasteiger partial charge in [-0.3, -0.25) is 4.55 Å². The van der Waals surface area contributed by atoms with E-state index < -0.39 is 28.9 Å². The third-order valence-corrected chi connectivity index (χ3v) is 10.3. The highest BCUT2D eigenvalue weighted by molar-refractivity contribution is 7.97. The first kappa shape index (κ1) is 30.2. The first-order valence-corrected chi connectivity index (χ1v) is 16.9. The highest BCUT2D eigenvalue weighted by atomic mass is 32.3. The highest BCUT2D eigenvalue weighted by Crippen LogP contribution is 2.33. The maximum absolute atomic E-state index is 11.6. The summed E-state index contributed by atoms with van der Waals surface area (Å²) in [5, 5.41) is 0. The van der Waals surface area contributed by atoms with Gasteiger partial charge in [-0.2, -0.15) is 8.42 Å². The average Bonchev–Trinajstić information content (AvgIpc) is 2.97. The van der Waals surface area contributed by atoms with Gasteiger partial charge in [-0.05, 0) is 22.0 Å². The van der Waals surface area contributed by atoms with Gasteiger partial charge in [0.05, 0.1) is 25.9 Å². The average molecular weight is 602 g/mol. The molecule has 10 heteroatoms. The van der Waals surface area contributed by atoms with E-state index in [1.165, 1.54) is 0 Å². The predicted octanol–water partition coefficient (Wildman–Crippen LogP) is 4.73. The largest absolute Gasteiger partial charge is 0.397 e. The summed E-state index contributed by atoms with van der Waals surface area (Å²) in [6.07, 6.45) is -2.45. The van der Waals surface area contributed by atoms with E-state index in [4.69, 9.17) is 23.1 Å². The molecule has 2 heterocycles. The second kappa shape index (κ2) is 14.3. The Morgan fingerprint density at radius 1 is 0.829 bits per heavy atom. The molecule has 2 aliphatic rings. The Labute approximate surface area is 245 Å². The van der Waals surface area contributed by atoms with Crippen LogP contribution >= 0.6 is 0 Å². The summed E-state index contributed by atoms with van der Waals surface area (Å²) in [6.45, 7) is 3.13. The Balaban J connectivity index is 1.30. The molecule has 2 aliphatic heterocycles. The summed E-state index contributed by atoms with van der Waals surface area (Å²) >= 11 is 0. The lowest BCUT2D eigenvalue weighted by atomic mass is 10.0. The van der Waals surface area contributed by atoms with Gasteiger partial charge in [0.25, 0.3) is 0 Å². The molecule has 5 rings (SSSR count). The van der Waals surface area contributed by atoms with Crippen molar-refractivity contribution in [3.05, 3.63) is 108 Å². The van der Waals surface area contributed by atoms with Crippen LogP contribution in [0.25, 0.3) is 0 Å². The van der Waals surface area contributed by atoms with E-state index >= 15 is 0 Å². The summed E-state index contributed by atoms with van der Waals surface area (Å²) in [6, 6.07) is 29.7. The van der Waals surface area contributed by atoms with Crippen LogP contribution in [0.3, 0.4) is 0 Å². The summed E-state index contributed by atoms with van der Waals surface area (Å²) in [5.41, 5.74) is 3.04. The van der Waals surface area contributed by atoms with Crippen LogP contribution in [-0.4, -0.2) is 61.3 Å². The van der Waals surface area contributed by atoms with Crippen LogP contribution in [0.4, 0.5) is 0 Å². The molecule has 0 saturated carbocycles. The zero-order chi connectivity index (χ0) is 28.7. The van der Waals surface area contributed by atoms with Crippen molar-refractivity contribution in [1.82, 2.24) is 0 Å². The molecule has 0 amide bonds. The normalized spacial score (nSPS) is 28.8. The number of rotatable bonds is 11. The van der Waals surface area contributed by atoms with Gasteiger partial charge in [0.2, 0.25) is 0 Å². The van der Waals surface area contributed by atoms with Crippen LogP contribution in [0, 0.1) is 5.92 Å². The standard InChI is InChI=1S/C31H36O8S2/c1-23-20-40(21-28-27(39-41(32,33)34)19-37-31(38-28)26-15-9-4-10-16-26)22-29(35-17-24-11-5-2-6-12-24)30(23)36-18-25-13-7-3-8-14-25/h2-16,23,27-31H,17-22H2,1H3/p+1/t23-,27-,28+,29+,30+,31?,40?/m1/s1. The zero-order valence-electron chi connectivity index (χ0n) is 23.0. The Kier molecular flexibility index (Phi) is 10.5. The third-order valence-electron chi connectivity index (χ3n) is 7.26. The van der Waals surface area contributed by atoms with Crippen molar-refractivity contribution >= 4 is 21.3 Å². The first-order valence-electron chi connectivity index (χ1n) is 13.8. The van der Waals surface area contributed by atoms with E-state index in [1.807, 2.05) is 78.9 Å². The molecule has 2 unspecified atom stereocenters. The van der Waals surface area contributed by atoms with Crippen molar-refractivity contribution in [2.45, 2.75) is 50.8 Å². The molecule has 0 spiro atoms. The van der Waals surface area contributed by atoms with Gasteiger partial charge >= 0.3 is 10.4 Å². The molecule has 0 bridgehead atoms. The van der Waals surface area contributed by atoms with Crippen LogP contribution < -0.4 is 0 Å². The van der Waals surface area contributed by atoms with Crippen molar-refractivity contribution in [2.24, 2.45) is 5.92 Å². The van der Waals surface area contributed by atoms with Crippen LogP contribution in [0.1, 0.15) is 29.9 Å². The van der Waals surface area contributed by atoms with Gasteiger partial charge in [-0.1, -0.05) is 97.9 Å². The van der Waals surface area contributed by atoms with Gasteiger partial charge < -0.3 is 18.9 Å². The second-order valence-electron chi connectivity index (χ2n) is 10.5. The van der Waals surface area contributed by atoms with Gasteiger partial charge in [0.15, 0.2) is 6.29 Å². The van der Waals surface area contributed by atoms with Crippen LogP contribution in [-0.2, 0) is 57.6 Å². The predicted molar refractivity (Wildman–Crippen MR) is 158 cm³/mol. The second-order valence-corrected chi connectivity index (χ2v) is 13.8. The summed E-state index contributed by atoms with van der Waals surface area (Å²) < 4.78 is 62.8. The van der Waals surface area contributed by atoms with Gasteiger partial charge in [0, 0.05) is 11.5 Å². The molecule has 0 aromatic heterocycles. The van der Waals surface area contributed by atoms with Crippen molar-refractivity contribution in [1.29, 1.82) is 0 Å². The van der Waals surface area contributed by atoms with E-state index in [-0.39, 0.29) is 35.6 Å². The molecule has 3 aromatic carbocycles. The molecular weight excluding hydrogens is 564 g/mol. The zero-order valence-corrected chi connectivity index (χ0v) is 24.6. The quantitative estimate of drug-likeness (QED) is 0.249. The van der Waals surface area contributed by atoms with E-state index in [9.17, 15) is 13.0 Å². The molecule has 2 fully saturated rings. The minimum Gasteiger partial charge on any atom is -0.370 e. The topological polar surface area (TPSA) is 101 Å². The SMILES string of the molecule is C[C@@H]1C[S+](C[C@@H]2OC(c3ccccc3)OC[C@H]2OS(=O)(=O)O)C[C@H](OCc2ccccc2)[C@H]1OCc1ccccc1. The fourth-order valence-corrected chi connectivity index (χ4v) is 8.65. The molecule has 8 nitrogen and oxygen atoms in total. The van der Waals surface area contributed by atoms with Gasteiger partial charge in [-0.15, -0.1) is 0 Å². The maximum Gasteiger partial charge on any atom is 0.397 e. The Morgan fingerprint density at radius 3 is 2.02 bits per heavy atom. The molecular formula is C31H37O8S2+. The van der Waals surface area contributed by atoms with Crippen LogP contribution in [0.5, 0.6) is 0 Å². The minimum atomic E-state index is -4.68. The molecule has 0 aliphatic carbocycles. The molecule has 41 heavy (non-hydrogen) atoms. The Morgan fingerprint density at radius 2 is 1.41 bits per heavy atom. The van der Waals surface area contributed by atoms with Crippen LogP contribution in [0.2, 0.25) is 0 Å². The molecule has 220 valence electrons. The fraction of sp³-hybridized carbons (Fsp3) is 0.419. The van der Waals surface area contributed by atoms with Gasteiger partial charge in [0.1, 0.15) is 35.6 Å². The Hall–Kier alpha value is -2.28. The fourth-order valence-electron chi connectivity index (χ4n) is 5.31. The van der Waals surface area contributed by atoms with E-state index in [0.29, 0.717) is 19.0 Å². The maximum atomic E-state index is 11.6. The summed E-state index contributed by atoms with van der Waals surface area (Å²) in [5.74, 6) is 2.36. The lowest BCUT2D eigenvalue weighted by Gasteiger charge is -2.38. The van der Waals surface area contributed by atoms with Crippen molar-refractivity contribution in [3.8, 4) is 0 Å². The lowest BCUT2D eigenvalue weighted by molar-refractivity contribution is -0.245. The van der Waals surface area contributed by atoms with Crippen molar-refractivity contribution in [2.75, 3.05) is 23.9 Å². The number of benzene rings is 3. The number of ether oxygens (including phenoxy) is 4. The third kappa shape index (κ3) is 8.86. The Bertz CT molecular complexity index is 1310. The summed E-state index contributed by atoms with van der Waals surface area (Å²) in [4.78, 5) is 0. The molecule has 3 aromatic rings. The summed E-state index contributed by atoms with van der Waals surface area (Å²) in [7, 11) is -4.88. The molecule has 1 N–H and O–H groups in total. The van der Waals surface area contributed by atoms with E-state index in [1.54, 1.807) is 0 Å². The van der Waals surface area contributed by atoms with E-state index in [0.717, 1.165) is 28.2 Å². The smallest absolute Gasteiger partial charge is 0.370 e. The molecule has 0 radical (unpaired) electrons. The van der Waals surface area contributed by atoms with E-state index in [2.05, 4.69) is 19.1 Å². The van der Waals surface area contributed by atoms with Crippen molar-refractivity contribution < 1.29 is 36.1 Å². The van der Waals surface area contributed by atoms with Crippen molar-refractivity contribution in [3.63, 3.8) is 0 Å². The molecule has 7 atom stereocenters. The lowest BCUT2D eigenvalue weighted by Crippen LogP contribution is -2.53. The highest BCUT2D eigenvalue weighted by Gasteiger charge is 2.47. The minimum absolute atomic E-state index is 0.0203.